The van der Waals surface area contributed by atoms with Crippen molar-refractivity contribution in [3.8, 4) is 11.1 Å². The van der Waals surface area contributed by atoms with Gasteiger partial charge < -0.3 is 0 Å². The number of halogens is 2. The molecule has 0 N–H and O–H groups in total. The predicted molar refractivity (Wildman–Crippen MR) is 69.6 cm³/mol. The van der Waals surface area contributed by atoms with E-state index < -0.39 is 0 Å². The number of allylic oxidation sites excluding steroid dienone is 1. The summed E-state index contributed by atoms with van der Waals surface area (Å²) in [5.41, 5.74) is 3.75. The highest BCUT2D eigenvalue weighted by molar-refractivity contribution is 6.33. The van der Waals surface area contributed by atoms with E-state index in [4.69, 9.17) is 11.6 Å². The van der Waals surface area contributed by atoms with Crippen LogP contribution in [0.5, 0.6) is 0 Å². The molecule has 1 aliphatic rings. The van der Waals surface area contributed by atoms with Gasteiger partial charge in [0.2, 0.25) is 0 Å². The normalized spacial score (nSPS) is 12.8. The molecule has 0 radical (unpaired) electrons. The van der Waals surface area contributed by atoms with E-state index in [1.165, 1.54) is 11.6 Å². The Balaban J connectivity index is 2.19. The Labute approximate surface area is 104 Å². The molecule has 0 saturated carbocycles. The number of benzene rings is 2. The van der Waals surface area contributed by atoms with E-state index in [1.54, 1.807) is 12.1 Å². The zero-order valence-electron chi connectivity index (χ0n) is 9.08. The van der Waals surface area contributed by atoms with Crippen molar-refractivity contribution in [1.29, 1.82) is 0 Å². The summed E-state index contributed by atoms with van der Waals surface area (Å²) < 4.78 is 13.8. The molecule has 0 fully saturated rings. The average molecular weight is 245 g/mol. The SMILES string of the molecule is Fc1cccc(Cl)c1-c1ccc2c(c1)C=CC2. The Hall–Kier alpha value is -1.60. The molecule has 3 rings (SSSR count). The minimum atomic E-state index is -0.278. The number of rotatable bonds is 1. The van der Waals surface area contributed by atoms with Crippen molar-refractivity contribution >= 4 is 17.7 Å². The van der Waals surface area contributed by atoms with Crippen molar-refractivity contribution in [2.24, 2.45) is 0 Å². The van der Waals surface area contributed by atoms with Gasteiger partial charge in [-0.05, 0) is 41.3 Å². The van der Waals surface area contributed by atoms with Crippen LogP contribution < -0.4 is 0 Å². The lowest BCUT2D eigenvalue weighted by Crippen LogP contribution is -1.88. The van der Waals surface area contributed by atoms with Gasteiger partial charge in [0.05, 0.1) is 5.02 Å². The van der Waals surface area contributed by atoms with Crippen molar-refractivity contribution in [3.63, 3.8) is 0 Å². The molecule has 0 unspecified atom stereocenters. The molecule has 0 aliphatic heterocycles. The van der Waals surface area contributed by atoms with E-state index in [-0.39, 0.29) is 5.82 Å². The minimum Gasteiger partial charge on any atom is -0.206 e. The molecule has 17 heavy (non-hydrogen) atoms. The zero-order valence-corrected chi connectivity index (χ0v) is 9.84. The lowest BCUT2D eigenvalue weighted by Gasteiger charge is -2.08. The molecule has 0 nitrogen and oxygen atoms in total. The second-order valence-corrected chi connectivity index (χ2v) is 4.52. The van der Waals surface area contributed by atoms with Crippen molar-refractivity contribution < 1.29 is 4.39 Å². The van der Waals surface area contributed by atoms with Crippen LogP contribution in [0.2, 0.25) is 5.02 Å². The van der Waals surface area contributed by atoms with Crippen LogP contribution in [0.15, 0.2) is 42.5 Å². The van der Waals surface area contributed by atoms with Gasteiger partial charge in [0.15, 0.2) is 0 Å². The van der Waals surface area contributed by atoms with Crippen molar-refractivity contribution in [2.75, 3.05) is 0 Å². The van der Waals surface area contributed by atoms with Gasteiger partial charge in [-0.15, -0.1) is 0 Å². The van der Waals surface area contributed by atoms with Crippen LogP contribution in [-0.2, 0) is 6.42 Å². The maximum absolute atomic E-state index is 13.8. The number of fused-ring (bicyclic) bond motifs is 1. The standard InChI is InChI=1S/C15H10ClF/c16-13-5-2-6-14(17)15(13)12-8-7-10-3-1-4-11(10)9-12/h1-2,4-9H,3H2. The van der Waals surface area contributed by atoms with E-state index in [0.29, 0.717) is 10.6 Å². The van der Waals surface area contributed by atoms with Crippen LogP contribution in [0.25, 0.3) is 17.2 Å². The van der Waals surface area contributed by atoms with Gasteiger partial charge in [-0.3, -0.25) is 0 Å². The first-order chi connectivity index (χ1) is 8.25. The highest BCUT2D eigenvalue weighted by Crippen LogP contribution is 2.33. The summed E-state index contributed by atoms with van der Waals surface area (Å²) >= 11 is 6.06. The molecule has 0 heterocycles. The molecule has 2 aromatic rings. The Morgan fingerprint density at radius 2 is 2.00 bits per heavy atom. The fourth-order valence-corrected chi connectivity index (χ4v) is 2.45. The van der Waals surface area contributed by atoms with Gasteiger partial charge in [0, 0.05) is 5.56 Å². The Kier molecular flexibility index (Phi) is 2.49. The molecule has 0 atom stereocenters. The molecular formula is C15H10ClF. The maximum atomic E-state index is 13.8. The topological polar surface area (TPSA) is 0 Å². The Morgan fingerprint density at radius 3 is 2.82 bits per heavy atom. The first-order valence-corrected chi connectivity index (χ1v) is 5.87. The number of hydrogen-bond donors (Lipinski definition) is 0. The second-order valence-electron chi connectivity index (χ2n) is 4.12. The smallest absolute Gasteiger partial charge is 0.132 e. The Morgan fingerprint density at radius 1 is 1.12 bits per heavy atom. The van der Waals surface area contributed by atoms with Gasteiger partial charge in [-0.1, -0.05) is 42.0 Å². The molecule has 0 bridgehead atoms. The van der Waals surface area contributed by atoms with E-state index in [1.807, 2.05) is 18.2 Å². The predicted octanol–water partition coefficient (Wildman–Crippen LogP) is 4.72. The van der Waals surface area contributed by atoms with Gasteiger partial charge >= 0.3 is 0 Å². The molecule has 2 aromatic carbocycles. The van der Waals surface area contributed by atoms with E-state index >= 15 is 0 Å². The van der Waals surface area contributed by atoms with Crippen LogP contribution >= 0.6 is 11.6 Å². The van der Waals surface area contributed by atoms with Crippen LogP contribution in [0.3, 0.4) is 0 Å². The maximum Gasteiger partial charge on any atom is 0.132 e. The first-order valence-electron chi connectivity index (χ1n) is 5.49. The minimum absolute atomic E-state index is 0.278. The van der Waals surface area contributed by atoms with Gasteiger partial charge in [0.1, 0.15) is 5.82 Å². The molecule has 0 spiro atoms. The molecular weight excluding hydrogens is 235 g/mol. The fourth-order valence-electron chi connectivity index (χ4n) is 2.18. The third kappa shape index (κ3) is 1.77. The summed E-state index contributed by atoms with van der Waals surface area (Å²) in [6.45, 7) is 0. The van der Waals surface area contributed by atoms with Gasteiger partial charge in [0.25, 0.3) is 0 Å². The largest absolute Gasteiger partial charge is 0.206 e. The lowest BCUT2D eigenvalue weighted by molar-refractivity contribution is 0.631. The van der Waals surface area contributed by atoms with E-state index in [2.05, 4.69) is 12.2 Å². The van der Waals surface area contributed by atoms with E-state index in [9.17, 15) is 4.39 Å². The summed E-state index contributed by atoms with van der Waals surface area (Å²) in [5.74, 6) is -0.278. The quantitative estimate of drug-likeness (QED) is 0.681. The van der Waals surface area contributed by atoms with Crippen LogP contribution in [-0.4, -0.2) is 0 Å². The summed E-state index contributed by atoms with van der Waals surface area (Å²) in [4.78, 5) is 0. The second kappa shape index (κ2) is 4.01. The van der Waals surface area contributed by atoms with Crippen LogP contribution in [0.4, 0.5) is 4.39 Å². The van der Waals surface area contributed by atoms with Gasteiger partial charge in [-0.25, -0.2) is 4.39 Å². The summed E-state index contributed by atoms with van der Waals surface area (Å²) in [6.07, 6.45) is 5.13. The molecule has 0 aromatic heterocycles. The monoisotopic (exact) mass is 244 g/mol. The lowest BCUT2D eigenvalue weighted by atomic mass is 10.00. The molecule has 84 valence electrons. The highest BCUT2D eigenvalue weighted by atomic mass is 35.5. The molecule has 1 aliphatic carbocycles. The van der Waals surface area contributed by atoms with Crippen LogP contribution in [0.1, 0.15) is 11.1 Å². The molecule has 0 amide bonds. The number of hydrogen-bond acceptors (Lipinski definition) is 0. The third-order valence-corrected chi connectivity index (χ3v) is 3.35. The highest BCUT2D eigenvalue weighted by Gasteiger charge is 2.12. The molecule has 2 heteroatoms. The zero-order chi connectivity index (χ0) is 11.8. The summed E-state index contributed by atoms with van der Waals surface area (Å²) in [6, 6.07) is 10.7. The fraction of sp³-hybridized carbons (Fsp3) is 0.0667. The third-order valence-electron chi connectivity index (χ3n) is 3.03. The van der Waals surface area contributed by atoms with Gasteiger partial charge in [-0.2, -0.15) is 0 Å². The molecule has 0 saturated heterocycles. The first kappa shape index (κ1) is 10.5. The van der Waals surface area contributed by atoms with Crippen molar-refractivity contribution in [3.05, 3.63) is 64.4 Å². The van der Waals surface area contributed by atoms with Crippen molar-refractivity contribution in [1.82, 2.24) is 0 Å². The van der Waals surface area contributed by atoms with Crippen molar-refractivity contribution in [2.45, 2.75) is 6.42 Å². The summed E-state index contributed by atoms with van der Waals surface area (Å²) in [5, 5.41) is 0.451. The average Bonchev–Trinajstić information content (AvgIpc) is 2.76. The summed E-state index contributed by atoms with van der Waals surface area (Å²) in [7, 11) is 0. The van der Waals surface area contributed by atoms with E-state index in [0.717, 1.165) is 17.5 Å². The van der Waals surface area contributed by atoms with Crippen LogP contribution in [0, 0.1) is 5.82 Å². The Bertz CT molecular complexity index is 594.